The van der Waals surface area contributed by atoms with Crippen LogP contribution in [0.3, 0.4) is 0 Å². The summed E-state index contributed by atoms with van der Waals surface area (Å²) >= 11 is 1.85. The molecule has 0 saturated heterocycles. The molecule has 0 aliphatic carbocycles. The van der Waals surface area contributed by atoms with Crippen molar-refractivity contribution >= 4 is 18.0 Å². The highest BCUT2D eigenvalue weighted by Gasteiger charge is 2.11. The predicted molar refractivity (Wildman–Crippen MR) is 38.4 cm³/mol. The van der Waals surface area contributed by atoms with Gasteiger partial charge in [0.15, 0.2) is 0 Å². The Hall–Kier alpha value is -0.180. The molecule has 0 bridgehead atoms. The van der Waals surface area contributed by atoms with Gasteiger partial charge in [-0.05, 0) is 6.26 Å². The normalized spacial score (nSPS) is 27.2. The maximum atomic E-state index is 4.08. The Morgan fingerprint density at radius 3 is 2.88 bits per heavy atom. The van der Waals surface area contributed by atoms with Gasteiger partial charge in [0.2, 0.25) is 0 Å². The fourth-order valence-corrected chi connectivity index (χ4v) is 1.22. The lowest BCUT2D eigenvalue weighted by Gasteiger charge is -2.05. The van der Waals surface area contributed by atoms with E-state index in [0.717, 1.165) is 6.54 Å². The van der Waals surface area contributed by atoms with Crippen molar-refractivity contribution in [2.75, 3.05) is 19.8 Å². The molecule has 0 fully saturated rings. The smallest absolute Gasteiger partial charge is 0.0607 e. The Morgan fingerprint density at radius 2 is 2.62 bits per heavy atom. The minimum atomic E-state index is 0.625. The van der Waals surface area contributed by atoms with Gasteiger partial charge >= 0.3 is 0 Å². The number of nitrogens with zero attached hydrogens (tertiary/aromatic N) is 2. The highest BCUT2D eigenvalue weighted by molar-refractivity contribution is 7.99. The molecule has 0 aromatic carbocycles. The third-order valence-electron chi connectivity index (χ3n) is 1.18. The molecular weight excluding hydrogens is 120 g/mol. The lowest BCUT2D eigenvalue weighted by molar-refractivity contribution is 0.395. The SMILES string of the molecule is CSC1C=NN(C)C1. The van der Waals surface area contributed by atoms with E-state index in [1.807, 2.05) is 30.0 Å². The van der Waals surface area contributed by atoms with Gasteiger partial charge in [-0.2, -0.15) is 16.9 Å². The van der Waals surface area contributed by atoms with Gasteiger partial charge in [0, 0.05) is 13.3 Å². The van der Waals surface area contributed by atoms with Crippen LogP contribution in [0.5, 0.6) is 0 Å². The van der Waals surface area contributed by atoms with Crippen molar-refractivity contribution in [1.29, 1.82) is 0 Å². The van der Waals surface area contributed by atoms with E-state index in [9.17, 15) is 0 Å². The first-order valence-corrected chi connectivity index (χ1v) is 3.90. The van der Waals surface area contributed by atoms with E-state index in [1.54, 1.807) is 0 Å². The molecule has 0 aromatic heterocycles. The van der Waals surface area contributed by atoms with Crippen LogP contribution >= 0.6 is 11.8 Å². The van der Waals surface area contributed by atoms with E-state index in [-0.39, 0.29) is 0 Å². The number of hydrogen-bond acceptors (Lipinski definition) is 3. The second-order valence-electron chi connectivity index (χ2n) is 1.88. The van der Waals surface area contributed by atoms with Crippen LogP contribution in [0.15, 0.2) is 5.10 Å². The van der Waals surface area contributed by atoms with Crippen LogP contribution in [0.4, 0.5) is 0 Å². The Bertz CT molecular complexity index is 103. The molecule has 1 aliphatic heterocycles. The van der Waals surface area contributed by atoms with E-state index in [0.29, 0.717) is 5.25 Å². The van der Waals surface area contributed by atoms with Crippen molar-refractivity contribution in [2.45, 2.75) is 5.25 Å². The molecule has 1 rings (SSSR count). The summed E-state index contributed by atoms with van der Waals surface area (Å²) in [6.45, 7) is 1.07. The zero-order valence-electron chi connectivity index (χ0n) is 5.16. The van der Waals surface area contributed by atoms with E-state index in [4.69, 9.17) is 0 Å². The van der Waals surface area contributed by atoms with Crippen molar-refractivity contribution < 1.29 is 0 Å². The summed E-state index contributed by atoms with van der Waals surface area (Å²) in [6.07, 6.45) is 4.10. The van der Waals surface area contributed by atoms with E-state index >= 15 is 0 Å². The maximum absolute atomic E-state index is 4.08. The number of thioether (sulfide) groups is 1. The first-order valence-electron chi connectivity index (χ1n) is 2.61. The average molecular weight is 130 g/mol. The van der Waals surface area contributed by atoms with Crippen molar-refractivity contribution in [3.63, 3.8) is 0 Å². The van der Waals surface area contributed by atoms with Gasteiger partial charge in [-0.3, -0.25) is 5.01 Å². The monoisotopic (exact) mass is 130 g/mol. The minimum absolute atomic E-state index is 0.625. The molecule has 0 amide bonds. The maximum Gasteiger partial charge on any atom is 0.0607 e. The fourth-order valence-electron chi connectivity index (χ4n) is 0.678. The summed E-state index contributed by atoms with van der Waals surface area (Å²) in [6, 6.07) is 0. The quantitative estimate of drug-likeness (QED) is 0.518. The molecule has 0 radical (unpaired) electrons. The summed E-state index contributed by atoms with van der Waals surface area (Å²) in [5.74, 6) is 0. The lowest BCUT2D eigenvalue weighted by atomic mass is 10.5. The summed E-state index contributed by atoms with van der Waals surface area (Å²) in [5, 5.41) is 6.66. The Balaban J connectivity index is 2.34. The molecule has 1 heterocycles. The zero-order valence-corrected chi connectivity index (χ0v) is 5.98. The molecule has 1 aliphatic rings. The predicted octanol–water partition coefficient (Wildman–Crippen LogP) is 0.649. The topological polar surface area (TPSA) is 15.6 Å². The second-order valence-corrected chi connectivity index (χ2v) is 2.96. The summed E-state index contributed by atoms with van der Waals surface area (Å²) in [5.41, 5.74) is 0. The van der Waals surface area contributed by atoms with Crippen LogP contribution in [0, 0.1) is 0 Å². The Labute approximate surface area is 53.9 Å². The van der Waals surface area contributed by atoms with Gasteiger partial charge in [0.05, 0.1) is 11.8 Å². The molecule has 46 valence electrons. The highest BCUT2D eigenvalue weighted by atomic mass is 32.2. The van der Waals surface area contributed by atoms with Crippen molar-refractivity contribution in [3.05, 3.63) is 0 Å². The highest BCUT2D eigenvalue weighted by Crippen LogP contribution is 2.10. The summed E-state index contributed by atoms with van der Waals surface area (Å²) < 4.78 is 0. The van der Waals surface area contributed by atoms with Crippen molar-refractivity contribution in [3.8, 4) is 0 Å². The van der Waals surface area contributed by atoms with Crippen molar-refractivity contribution in [1.82, 2.24) is 5.01 Å². The zero-order chi connectivity index (χ0) is 5.98. The van der Waals surface area contributed by atoms with Gasteiger partial charge in [-0.1, -0.05) is 0 Å². The van der Waals surface area contributed by atoms with Crippen LogP contribution in [0.2, 0.25) is 0 Å². The van der Waals surface area contributed by atoms with Gasteiger partial charge in [0.25, 0.3) is 0 Å². The van der Waals surface area contributed by atoms with E-state index in [2.05, 4.69) is 11.4 Å². The molecule has 1 atom stereocenters. The first kappa shape index (κ1) is 5.95. The lowest BCUT2D eigenvalue weighted by Crippen LogP contribution is -2.14. The number of rotatable bonds is 1. The fraction of sp³-hybridized carbons (Fsp3) is 0.800. The van der Waals surface area contributed by atoms with Gasteiger partial charge in [-0.25, -0.2) is 0 Å². The Morgan fingerprint density at radius 1 is 1.88 bits per heavy atom. The first-order chi connectivity index (χ1) is 3.83. The van der Waals surface area contributed by atoms with Crippen LogP contribution in [-0.2, 0) is 0 Å². The standard InChI is InChI=1S/C5H10N2S/c1-7-4-5(8-2)3-6-7/h3,5H,4H2,1-2H3. The molecule has 0 spiro atoms. The van der Waals surface area contributed by atoms with Crippen LogP contribution in [0.25, 0.3) is 0 Å². The van der Waals surface area contributed by atoms with Gasteiger partial charge < -0.3 is 0 Å². The van der Waals surface area contributed by atoms with Gasteiger partial charge in [-0.15, -0.1) is 0 Å². The third kappa shape index (κ3) is 1.15. The molecule has 0 aromatic rings. The van der Waals surface area contributed by atoms with Crippen LogP contribution in [0.1, 0.15) is 0 Å². The molecule has 3 heteroatoms. The summed E-state index contributed by atoms with van der Waals surface area (Å²) in [7, 11) is 1.99. The largest absolute Gasteiger partial charge is 0.299 e. The van der Waals surface area contributed by atoms with Gasteiger partial charge in [0.1, 0.15) is 0 Å². The molecule has 8 heavy (non-hydrogen) atoms. The van der Waals surface area contributed by atoms with E-state index < -0.39 is 0 Å². The number of hydrogen-bond donors (Lipinski definition) is 0. The minimum Gasteiger partial charge on any atom is -0.299 e. The van der Waals surface area contributed by atoms with Crippen LogP contribution < -0.4 is 0 Å². The van der Waals surface area contributed by atoms with E-state index in [1.165, 1.54) is 0 Å². The Kier molecular flexibility index (Phi) is 1.78. The van der Waals surface area contributed by atoms with Crippen LogP contribution in [-0.4, -0.2) is 36.3 Å². The van der Waals surface area contributed by atoms with Crippen molar-refractivity contribution in [2.24, 2.45) is 5.10 Å². The molecular formula is C5H10N2S. The average Bonchev–Trinajstić information content (AvgIpc) is 2.14. The number of hydrazone groups is 1. The molecule has 0 saturated carbocycles. The summed E-state index contributed by atoms with van der Waals surface area (Å²) in [4.78, 5) is 0. The molecule has 2 nitrogen and oxygen atoms in total. The molecule has 0 N–H and O–H groups in total. The third-order valence-corrected chi connectivity index (χ3v) is 2.05. The second kappa shape index (κ2) is 2.40. The molecule has 1 unspecified atom stereocenters.